The molecule has 0 aliphatic heterocycles. The van der Waals surface area contributed by atoms with Gasteiger partial charge in [-0.15, -0.1) is 0 Å². The van der Waals surface area contributed by atoms with Crippen molar-refractivity contribution in [3.05, 3.63) is 146 Å². The first-order chi connectivity index (χ1) is 31.5. The van der Waals surface area contributed by atoms with E-state index in [2.05, 4.69) is 112 Å². The Labute approximate surface area is 391 Å². The van der Waals surface area contributed by atoms with Crippen LogP contribution < -0.4 is 0 Å². The molecule has 64 heavy (non-hydrogen) atoms. The number of esters is 3. The first-order valence-corrected chi connectivity index (χ1v) is 25.0. The predicted molar refractivity (Wildman–Crippen MR) is 274 cm³/mol. The van der Waals surface area contributed by atoms with E-state index in [1.807, 2.05) is 54.7 Å². The highest BCUT2D eigenvalue weighted by Gasteiger charge is 2.19. The molecule has 0 bridgehead atoms. The Morgan fingerprint density at radius 2 is 0.609 bits per heavy atom. The fraction of sp³-hybridized carbons (Fsp3) is 0.534. The lowest BCUT2D eigenvalue weighted by Crippen LogP contribution is -2.30. The van der Waals surface area contributed by atoms with E-state index in [0.717, 1.165) is 116 Å². The smallest absolute Gasteiger partial charge is 0.306 e. The van der Waals surface area contributed by atoms with E-state index in [-0.39, 0.29) is 37.5 Å². The van der Waals surface area contributed by atoms with E-state index in [1.54, 1.807) is 0 Å². The van der Waals surface area contributed by atoms with Crippen LogP contribution in [0, 0.1) is 0 Å². The van der Waals surface area contributed by atoms with Crippen LogP contribution in [0.3, 0.4) is 0 Å². The first-order valence-electron chi connectivity index (χ1n) is 25.0. The molecule has 0 amide bonds. The Kier molecular flexibility index (Phi) is 47.2. The molecule has 0 spiro atoms. The van der Waals surface area contributed by atoms with Gasteiger partial charge in [0.05, 0.1) is 0 Å². The Balaban J connectivity index is 4.58. The minimum atomic E-state index is -0.825. The van der Waals surface area contributed by atoms with Gasteiger partial charge in [0.1, 0.15) is 13.2 Å². The molecule has 0 saturated carbocycles. The average Bonchev–Trinajstić information content (AvgIpc) is 3.29. The van der Waals surface area contributed by atoms with Gasteiger partial charge in [0.2, 0.25) is 0 Å². The molecule has 6 nitrogen and oxygen atoms in total. The summed E-state index contributed by atoms with van der Waals surface area (Å²) < 4.78 is 16.7. The van der Waals surface area contributed by atoms with E-state index < -0.39 is 6.10 Å². The molecule has 0 N–H and O–H groups in total. The topological polar surface area (TPSA) is 78.9 Å². The molecule has 0 heterocycles. The molecule has 0 aliphatic rings. The number of carbonyl (C=O) groups excluding carboxylic acids is 3. The van der Waals surface area contributed by atoms with Crippen LogP contribution in [0.15, 0.2) is 146 Å². The van der Waals surface area contributed by atoms with Crippen LogP contribution in [0.5, 0.6) is 0 Å². The number of hydrogen-bond donors (Lipinski definition) is 0. The molecule has 0 aliphatic carbocycles. The molecule has 0 radical (unpaired) electrons. The Bertz CT molecular complexity index is 1480. The summed E-state index contributed by atoms with van der Waals surface area (Å²) in [6.45, 7) is 6.22. The summed E-state index contributed by atoms with van der Waals surface area (Å²) in [6.07, 6.45) is 72.5. The highest BCUT2D eigenvalue weighted by atomic mass is 16.6. The maximum atomic E-state index is 12.8. The minimum absolute atomic E-state index is 0.121. The second-order valence-corrected chi connectivity index (χ2v) is 15.9. The molecule has 0 saturated heterocycles. The summed E-state index contributed by atoms with van der Waals surface area (Å²) in [7, 11) is 0. The van der Waals surface area contributed by atoms with Crippen molar-refractivity contribution in [2.75, 3.05) is 13.2 Å². The van der Waals surface area contributed by atoms with Crippen LogP contribution in [0.25, 0.3) is 0 Å². The van der Waals surface area contributed by atoms with Crippen LogP contribution in [-0.2, 0) is 28.6 Å². The summed E-state index contributed by atoms with van der Waals surface area (Å²) in [4.78, 5) is 37.9. The van der Waals surface area contributed by atoms with Gasteiger partial charge in [0.25, 0.3) is 0 Å². The van der Waals surface area contributed by atoms with Gasteiger partial charge in [0, 0.05) is 19.3 Å². The third-order valence-corrected chi connectivity index (χ3v) is 9.84. The standard InChI is InChI=1S/C58H88O6/c1-4-7-10-13-16-19-22-25-27-28-29-31-33-36-39-42-45-48-51-57(60)63-54-55(53-62-56(59)50-47-44-41-38-35-32-24-21-18-15-12-9-6-3)64-58(61)52-49-46-43-40-37-34-30-26-23-20-17-14-11-8-5-2/h8-9,11-12,14-31,34,37,55H,4-7,10,13,32-33,35-36,38-54H2,1-3H3/b11-8+,12-9+,17-14+,18-15+,19-16+,23-20+,24-21+,25-22+,28-27+,30-26+,31-29+,37-34+. The van der Waals surface area contributed by atoms with Gasteiger partial charge in [-0.05, 0) is 83.5 Å². The summed E-state index contributed by atoms with van der Waals surface area (Å²) >= 11 is 0. The lowest BCUT2D eigenvalue weighted by Gasteiger charge is -2.18. The van der Waals surface area contributed by atoms with E-state index in [1.165, 1.54) is 19.3 Å². The van der Waals surface area contributed by atoms with Gasteiger partial charge < -0.3 is 14.2 Å². The highest BCUT2D eigenvalue weighted by molar-refractivity contribution is 5.71. The first kappa shape index (κ1) is 59.3. The van der Waals surface area contributed by atoms with Crippen molar-refractivity contribution in [3.63, 3.8) is 0 Å². The van der Waals surface area contributed by atoms with E-state index in [4.69, 9.17) is 14.2 Å². The Hall–Kier alpha value is -4.71. The zero-order chi connectivity index (χ0) is 46.5. The normalized spacial score (nSPS) is 13.4. The molecular formula is C58H88O6. The van der Waals surface area contributed by atoms with Crippen molar-refractivity contribution in [1.29, 1.82) is 0 Å². The van der Waals surface area contributed by atoms with Crippen molar-refractivity contribution in [3.8, 4) is 0 Å². The molecule has 1 atom stereocenters. The van der Waals surface area contributed by atoms with Crippen LogP contribution in [-0.4, -0.2) is 37.2 Å². The van der Waals surface area contributed by atoms with Gasteiger partial charge in [0.15, 0.2) is 6.10 Å². The third kappa shape index (κ3) is 48.3. The summed E-state index contributed by atoms with van der Waals surface area (Å²) in [5.74, 6) is -1.02. The summed E-state index contributed by atoms with van der Waals surface area (Å²) in [5, 5.41) is 0. The fourth-order valence-electron chi connectivity index (χ4n) is 6.12. The van der Waals surface area contributed by atoms with Crippen molar-refractivity contribution in [1.82, 2.24) is 0 Å². The maximum absolute atomic E-state index is 12.8. The Morgan fingerprint density at radius 1 is 0.328 bits per heavy atom. The van der Waals surface area contributed by atoms with Gasteiger partial charge in [-0.2, -0.15) is 0 Å². The maximum Gasteiger partial charge on any atom is 0.306 e. The van der Waals surface area contributed by atoms with Crippen molar-refractivity contribution < 1.29 is 28.6 Å². The third-order valence-electron chi connectivity index (χ3n) is 9.84. The van der Waals surface area contributed by atoms with E-state index >= 15 is 0 Å². The number of unbranched alkanes of at least 4 members (excludes halogenated alkanes) is 16. The zero-order valence-corrected chi connectivity index (χ0v) is 40.5. The number of carbonyl (C=O) groups is 3. The van der Waals surface area contributed by atoms with Crippen LogP contribution in [0.1, 0.15) is 181 Å². The van der Waals surface area contributed by atoms with Gasteiger partial charge in [-0.1, -0.05) is 224 Å². The molecule has 0 aromatic carbocycles. The summed E-state index contributed by atoms with van der Waals surface area (Å²) in [5.41, 5.74) is 0. The Morgan fingerprint density at radius 3 is 0.969 bits per heavy atom. The molecule has 0 aromatic heterocycles. The van der Waals surface area contributed by atoms with Crippen molar-refractivity contribution in [2.45, 2.75) is 187 Å². The largest absolute Gasteiger partial charge is 0.462 e. The molecule has 0 fully saturated rings. The second kappa shape index (κ2) is 50.9. The monoisotopic (exact) mass is 881 g/mol. The zero-order valence-electron chi connectivity index (χ0n) is 40.5. The summed E-state index contributed by atoms with van der Waals surface area (Å²) in [6, 6.07) is 0. The SMILES string of the molecule is CC/C=C/C=C/C=C/C=C/C=C/CCCCCC(=O)OC(COC(=O)CCCCCCC/C=C/C=C/C=C/C=C/CCCCC)COC(=O)CCCCCCC/C=C/C=C/C=C/CC. The molecule has 356 valence electrons. The molecule has 0 rings (SSSR count). The van der Waals surface area contributed by atoms with Gasteiger partial charge >= 0.3 is 17.9 Å². The predicted octanol–water partition coefficient (Wildman–Crippen LogP) is 16.5. The molecule has 6 heteroatoms. The van der Waals surface area contributed by atoms with Gasteiger partial charge in [-0.25, -0.2) is 0 Å². The quantitative estimate of drug-likeness (QED) is 0.0263. The molecule has 1 unspecified atom stereocenters. The van der Waals surface area contributed by atoms with Crippen molar-refractivity contribution >= 4 is 17.9 Å². The van der Waals surface area contributed by atoms with E-state index in [0.29, 0.717) is 19.3 Å². The van der Waals surface area contributed by atoms with E-state index in [9.17, 15) is 14.4 Å². The number of allylic oxidation sites excluding steroid dienone is 24. The molecule has 0 aromatic rings. The van der Waals surface area contributed by atoms with Crippen molar-refractivity contribution in [2.24, 2.45) is 0 Å². The number of rotatable bonds is 42. The fourth-order valence-corrected chi connectivity index (χ4v) is 6.12. The minimum Gasteiger partial charge on any atom is -0.462 e. The lowest BCUT2D eigenvalue weighted by atomic mass is 10.1. The number of ether oxygens (including phenoxy) is 3. The lowest BCUT2D eigenvalue weighted by molar-refractivity contribution is -0.167. The van der Waals surface area contributed by atoms with Crippen LogP contribution in [0.4, 0.5) is 0 Å². The van der Waals surface area contributed by atoms with Crippen LogP contribution in [0.2, 0.25) is 0 Å². The average molecular weight is 881 g/mol. The van der Waals surface area contributed by atoms with Crippen LogP contribution >= 0.6 is 0 Å². The highest BCUT2D eigenvalue weighted by Crippen LogP contribution is 2.12. The number of hydrogen-bond acceptors (Lipinski definition) is 6. The van der Waals surface area contributed by atoms with Gasteiger partial charge in [-0.3, -0.25) is 14.4 Å². The molecular weight excluding hydrogens is 793 g/mol. The second-order valence-electron chi connectivity index (χ2n) is 15.9.